The van der Waals surface area contributed by atoms with Gasteiger partial charge in [0.2, 0.25) is 5.95 Å². The summed E-state index contributed by atoms with van der Waals surface area (Å²) in [6.45, 7) is 2.78. The Morgan fingerprint density at radius 2 is 2.00 bits per heavy atom. The quantitative estimate of drug-likeness (QED) is 0.811. The Hall–Kier alpha value is -2.02. The zero-order chi connectivity index (χ0) is 14.5. The van der Waals surface area contributed by atoms with Crippen LogP contribution in [0.25, 0.3) is 0 Å². The molecule has 0 atom stereocenters. The standard InChI is InChI=1S/C13H16FN3O3/c14-11-9-10(1-3-15-11)13(20)17-7-5-16(6-8-17)4-2-12(18)19/h1,3,9H,2,4-8H2,(H,18,19). The fourth-order valence-corrected chi connectivity index (χ4v) is 2.15. The van der Waals surface area contributed by atoms with E-state index in [4.69, 9.17) is 5.11 Å². The number of hydrogen-bond acceptors (Lipinski definition) is 4. The molecule has 7 heteroatoms. The highest BCUT2D eigenvalue weighted by molar-refractivity contribution is 5.94. The number of carbonyl (C=O) groups excluding carboxylic acids is 1. The number of carboxylic acids is 1. The number of rotatable bonds is 4. The average Bonchev–Trinajstić information content (AvgIpc) is 2.45. The molecule has 0 aromatic carbocycles. The molecule has 1 aromatic heterocycles. The van der Waals surface area contributed by atoms with Gasteiger partial charge in [0.25, 0.3) is 5.91 Å². The van der Waals surface area contributed by atoms with Crippen molar-refractivity contribution in [3.63, 3.8) is 0 Å². The molecule has 2 heterocycles. The van der Waals surface area contributed by atoms with Crippen LogP contribution in [-0.2, 0) is 4.79 Å². The molecule has 0 bridgehead atoms. The maximum atomic E-state index is 13.0. The van der Waals surface area contributed by atoms with Gasteiger partial charge in [-0.05, 0) is 6.07 Å². The fourth-order valence-electron chi connectivity index (χ4n) is 2.15. The van der Waals surface area contributed by atoms with Crippen molar-refractivity contribution in [3.05, 3.63) is 29.8 Å². The van der Waals surface area contributed by atoms with Gasteiger partial charge in [0.1, 0.15) is 0 Å². The SMILES string of the molecule is O=C(O)CCN1CCN(C(=O)c2ccnc(F)c2)CC1. The lowest BCUT2D eigenvalue weighted by Crippen LogP contribution is -2.49. The summed E-state index contributed by atoms with van der Waals surface area (Å²) in [6, 6.07) is 2.61. The minimum atomic E-state index is -0.823. The van der Waals surface area contributed by atoms with Gasteiger partial charge in [-0.15, -0.1) is 0 Å². The zero-order valence-electron chi connectivity index (χ0n) is 11.0. The molecule has 0 unspecified atom stereocenters. The van der Waals surface area contributed by atoms with Gasteiger partial charge in [-0.3, -0.25) is 14.5 Å². The van der Waals surface area contributed by atoms with E-state index >= 15 is 0 Å². The lowest BCUT2D eigenvalue weighted by atomic mass is 10.2. The third-order valence-corrected chi connectivity index (χ3v) is 3.27. The first-order valence-electron chi connectivity index (χ1n) is 6.41. The molecule has 1 fully saturated rings. The van der Waals surface area contributed by atoms with Crippen molar-refractivity contribution in [2.75, 3.05) is 32.7 Å². The van der Waals surface area contributed by atoms with Crippen LogP contribution >= 0.6 is 0 Å². The lowest BCUT2D eigenvalue weighted by Gasteiger charge is -2.34. The number of piperazine rings is 1. The summed E-state index contributed by atoms with van der Waals surface area (Å²) in [7, 11) is 0. The monoisotopic (exact) mass is 281 g/mol. The van der Waals surface area contributed by atoms with Crippen molar-refractivity contribution >= 4 is 11.9 Å². The van der Waals surface area contributed by atoms with Crippen LogP contribution in [0.5, 0.6) is 0 Å². The Labute approximate surface area is 115 Å². The number of hydrogen-bond donors (Lipinski definition) is 1. The van der Waals surface area contributed by atoms with Gasteiger partial charge >= 0.3 is 5.97 Å². The topological polar surface area (TPSA) is 73.7 Å². The first-order valence-corrected chi connectivity index (χ1v) is 6.41. The van der Waals surface area contributed by atoms with E-state index in [0.29, 0.717) is 32.7 Å². The molecule has 0 aliphatic carbocycles. The van der Waals surface area contributed by atoms with Gasteiger partial charge in [-0.2, -0.15) is 4.39 Å². The number of aliphatic carboxylic acids is 1. The summed E-state index contributed by atoms with van der Waals surface area (Å²) in [4.78, 5) is 29.7. The van der Waals surface area contributed by atoms with E-state index in [0.717, 1.165) is 6.07 Å². The van der Waals surface area contributed by atoms with Crippen LogP contribution in [0.1, 0.15) is 16.8 Å². The molecule has 6 nitrogen and oxygen atoms in total. The molecule has 0 saturated carbocycles. The number of aromatic nitrogens is 1. The highest BCUT2D eigenvalue weighted by atomic mass is 19.1. The Bertz CT molecular complexity index is 501. The van der Waals surface area contributed by atoms with Gasteiger partial charge in [0.15, 0.2) is 0 Å². The minimum Gasteiger partial charge on any atom is -0.481 e. The third-order valence-electron chi connectivity index (χ3n) is 3.27. The molecule has 1 N–H and O–H groups in total. The van der Waals surface area contributed by atoms with Gasteiger partial charge in [-0.1, -0.05) is 0 Å². The molecule has 108 valence electrons. The van der Waals surface area contributed by atoms with Crippen molar-refractivity contribution in [1.29, 1.82) is 0 Å². The summed E-state index contributed by atoms with van der Waals surface area (Å²) < 4.78 is 13.0. The van der Waals surface area contributed by atoms with Gasteiger partial charge in [-0.25, -0.2) is 4.98 Å². The Morgan fingerprint density at radius 1 is 1.30 bits per heavy atom. The van der Waals surface area contributed by atoms with Crippen LogP contribution in [-0.4, -0.2) is 64.5 Å². The molecular weight excluding hydrogens is 265 g/mol. The van der Waals surface area contributed by atoms with Crippen LogP contribution in [0.2, 0.25) is 0 Å². The summed E-state index contributed by atoms with van der Waals surface area (Å²) in [5.74, 6) is -1.71. The smallest absolute Gasteiger partial charge is 0.304 e. The molecule has 2 rings (SSSR count). The van der Waals surface area contributed by atoms with Crippen LogP contribution in [0.4, 0.5) is 4.39 Å². The largest absolute Gasteiger partial charge is 0.481 e. The molecule has 1 amide bonds. The summed E-state index contributed by atoms with van der Waals surface area (Å²) in [6.07, 6.45) is 1.37. The van der Waals surface area contributed by atoms with Crippen LogP contribution in [0, 0.1) is 5.95 Å². The number of pyridine rings is 1. The lowest BCUT2D eigenvalue weighted by molar-refractivity contribution is -0.137. The first-order chi connectivity index (χ1) is 9.56. The van der Waals surface area contributed by atoms with Crippen molar-refractivity contribution < 1.29 is 19.1 Å². The van der Waals surface area contributed by atoms with E-state index in [9.17, 15) is 14.0 Å². The van der Waals surface area contributed by atoms with E-state index in [1.54, 1.807) is 4.90 Å². The molecule has 1 aliphatic heterocycles. The number of carboxylic acid groups (broad SMARTS) is 1. The maximum Gasteiger partial charge on any atom is 0.304 e. The molecule has 0 radical (unpaired) electrons. The van der Waals surface area contributed by atoms with E-state index in [-0.39, 0.29) is 17.9 Å². The van der Waals surface area contributed by atoms with Crippen molar-refractivity contribution in [2.45, 2.75) is 6.42 Å². The summed E-state index contributed by atoms with van der Waals surface area (Å²) in [5, 5.41) is 8.63. The highest BCUT2D eigenvalue weighted by Gasteiger charge is 2.22. The predicted octanol–water partition coefficient (Wildman–Crippen LogP) is 0.453. The molecule has 0 spiro atoms. The van der Waals surface area contributed by atoms with Gasteiger partial charge < -0.3 is 10.0 Å². The molecule has 1 saturated heterocycles. The van der Waals surface area contributed by atoms with E-state index in [2.05, 4.69) is 4.98 Å². The normalized spacial score (nSPS) is 16.1. The third kappa shape index (κ3) is 3.74. The van der Waals surface area contributed by atoms with Crippen LogP contribution < -0.4 is 0 Å². The summed E-state index contributed by atoms with van der Waals surface area (Å²) in [5.41, 5.74) is 0.288. The number of halogens is 1. The predicted molar refractivity (Wildman–Crippen MR) is 68.8 cm³/mol. The second-order valence-corrected chi connectivity index (χ2v) is 4.64. The Balaban J connectivity index is 1.87. The zero-order valence-corrected chi connectivity index (χ0v) is 11.0. The maximum absolute atomic E-state index is 13.0. The van der Waals surface area contributed by atoms with Crippen molar-refractivity contribution in [3.8, 4) is 0 Å². The van der Waals surface area contributed by atoms with Crippen molar-refractivity contribution in [2.24, 2.45) is 0 Å². The van der Waals surface area contributed by atoms with Gasteiger partial charge in [0.05, 0.1) is 6.42 Å². The average molecular weight is 281 g/mol. The molecule has 20 heavy (non-hydrogen) atoms. The van der Waals surface area contributed by atoms with Crippen LogP contribution in [0.3, 0.4) is 0 Å². The molecule has 1 aliphatic rings. The molecular formula is C13H16FN3O3. The Kier molecular flexibility index (Phi) is 4.62. The van der Waals surface area contributed by atoms with E-state index in [1.165, 1.54) is 12.3 Å². The minimum absolute atomic E-state index is 0.101. The Morgan fingerprint density at radius 3 is 2.60 bits per heavy atom. The number of carbonyl (C=O) groups is 2. The fraction of sp³-hybridized carbons (Fsp3) is 0.462. The highest BCUT2D eigenvalue weighted by Crippen LogP contribution is 2.09. The van der Waals surface area contributed by atoms with E-state index in [1.807, 2.05) is 4.90 Å². The van der Waals surface area contributed by atoms with Crippen molar-refractivity contribution in [1.82, 2.24) is 14.8 Å². The van der Waals surface area contributed by atoms with Gasteiger partial charge in [0, 0.05) is 50.6 Å². The number of nitrogens with zero attached hydrogens (tertiary/aromatic N) is 3. The second kappa shape index (κ2) is 6.42. The summed E-state index contributed by atoms with van der Waals surface area (Å²) >= 11 is 0. The van der Waals surface area contributed by atoms with Crippen LogP contribution in [0.15, 0.2) is 18.3 Å². The molecule has 1 aromatic rings. The van der Waals surface area contributed by atoms with E-state index < -0.39 is 11.9 Å². The second-order valence-electron chi connectivity index (χ2n) is 4.64. The number of amides is 1. The first kappa shape index (κ1) is 14.4.